The van der Waals surface area contributed by atoms with Crippen LogP contribution < -0.4 is 0 Å². The Bertz CT molecular complexity index is 2890. The zero-order valence-corrected chi connectivity index (χ0v) is 28.7. The lowest BCUT2D eigenvalue weighted by molar-refractivity contribution is 0.669. The standard InChI is InChI=1S/C47H32N4O/c1-29-15-19-32(20-16-29)45-48-46(33-21-17-30(2)18-22-33)50-47(49-45)51-41-14-7-6-11-37(41)39-13-8-12-36(44(39)51)35-24-26-42-40(27-35)38-25-23-34(28-43(38)52-42)31-9-4-3-5-10-31/h3-28H,1-2H3. The minimum atomic E-state index is 0.572. The van der Waals surface area contributed by atoms with Crippen molar-refractivity contribution in [1.29, 1.82) is 0 Å². The molecule has 0 unspecified atom stereocenters. The highest BCUT2D eigenvalue weighted by atomic mass is 16.3. The van der Waals surface area contributed by atoms with E-state index < -0.39 is 0 Å². The number of hydrogen-bond acceptors (Lipinski definition) is 4. The second-order valence-corrected chi connectivity index (χ2v) is 13.5. The van der Waals surface area contributed by atoms with E-state index in [-0.39, 0.29) is 0 Å². The van der Waals surface area contributed by atoms with Gasteiger partial charge in [-0.15, -0.1) is 0 Å². The average molecular weight is 669 g/mol. The summed E-state index contributed by atoms with van der Waals surface area (Å²) < 4.78 is 8.64. The molecule has 7 aromatic carbocycles. The number of para-hydroxylation sites is 2. The number of nitrogens with zero attached hydrogens (tertiary/aromatic N) is 4. The van der Waals surface area contributed by atoms with Gasteiger partial charge in [0, 0.05) is 38.2 Å². The van der Waals surface area contributed by atoms with Crippen LogP contribution in [-0.2, 0) is 0 Å². The number of aryl methyl sites for hydroxylation is 2. The highest BCUT2D eigenvalue weighted by Gasteiger charge is 2.21. The first-order chi connectivity index (χ1) is 25.6. The topological polar surface area (TPSA) is 56.7 Å². The molecule has 52 heavy (non-hydrogen) atoms. The van der Waals surface area contributed by atoms with Gasteiger partial charge >= 0.3 is 0 Å². The minimum absolute atomic E-state index is 0.572. The molecule has 0 aliphatic carbocycles. The molecule has 246 valence electrons. The molecule has 10 aromatic rings. The van der Waals surface area contributed by atoms with Crippen LogP contribution in [0, 0.1) is 13.8 Å². The molecule has 0 N–H and O–H groups in total. The van der Waals surface area contributed by atoms with Gasteiger partial charge in [-0.3, -0.25) is 4.57 Å². The Morgan fingerprint density at radius 2 is 1.06 bits per heavy atom. The molecule has 3 heterocycles. The van der Waals surface area contributed by atoms with Gasteiger partial charge in [0.1, 0.15) is 11.2 Å². The molecule has 0 aliphatic heterocycles. The molecule has 0 fully saturated rings. The summed E-state index contributed by atoms with van der Waals surface area (Å²) in [5.41, 5.74) is 12.5. The summed E-state index contributed by atoms with van der Waals surface area (Å²) in [5.74, 6) is 1.83. The third-order valence-corrected chi connectivity index (χ3v) is 10.0. The van der Waals surface area contributed by atoms with Crippen molar-refractivity contribution in [3.63, 3.8) is 0 Å². The summed E-state index contributed by atoms with van der Waals surface area (Å²) in [5, 5.41) is 4.44. The summed E-state index contributed by atoms with van der Waals surface area (Å²) in [6, 6.07) is 55.1. The molecule has 5 heteroatoms. The first kappa shape index (κ1) is 30.0. The van der Waals surface area contributed by atoms with Crippen LogP contribution in [0.5, 0.6) is 0 Å². The van der Waals surface area contributed by atoms with Crippen molar-refractivity contribution >= 4 is 43.7 Å². The lowest BCUT2D eigenvalue weighted by Gasteiger charge is -2.13. The second kappa shape index (κ2) is 11.9. The van der Waals surface area contributed by atoms with Gasteiger partial charge in [0.05, 0.1) is 11.0 Å². The van der Waals surface area contributed by atoms with Crippen molar-refractivity contribution in [2.75, 3.05) is 0 Å². The molecule has 0 aliphatic rings. The first-order valence-corrected chi connectivity index (χ1v) is 17.5. The molecule has 3 aromatic heterocycles. The molecule has 0 atom stereocenters. The number of benzene rings is 7. The number of rotatable bonds is 5. The Morgan fingerprint density at radius 1 is 0.423 bits per heavy atom. The second-order valence-electron chi connectivity index (χ2n) is 13.5. The zero-order valence-electron chi connectivity index (χ0n) is 28.7. The van der Waals surface area contributed by atoms with Crippen LogP contribution >= 0.6 is 0 Å². The Kier molecular flexibility index (Phi) is 6.86. The molecular formula is C47H32N4O. The lowest BCUT2D eigenvalue weighted by atomic mass is 9.99. The predicted octanol–water partition coefficient (Wildman–Crippen LogP) is 12.2. The summed E-state index contributed by atoms with van der Waals surface area (Å²) in [6.45, 7) is 4.18. The van der Waals surface area contributed by atoms with E-state index in [1.807, 2.05) is 6.07 Å². The van der Waals surface area contributed by atoms with Crippen LogP contribution in [0.2, 0.25) is 0 Å². The van der Waals surface area contributed by atoms with Crippen LogP contribution in [0.3, 0.4) is 0 Å². The van der Waals surface area contributed by atoms with Gasteiger partial charge in [0.2, 0.25) is 5.95 Å². The molecular weight excluding hydrogens is 637 g/mol. The van der Waals surface area contributed by atoms with E-state index in [9.17, 15) is 0 Å². The van der Waals surface area contributed by atoms with Crippen LogP contribution in [0.1, 0.15) is 11.1 Å². The maximum atomic E-state index is 6.43. The fraction of sp³-hybridized carbons (Fsp3) is 0.0426. The summed E-state index contributed by atoms with van der Waals surface area (Å²) in [7, 11) is 0. The van der Waals surface area contributed by atoms with Crippen molar-refractivity contribution in [2.24, 2.45) is 0 Å². The first-order valence-electron chi connectivity index (χ1n) is 17.5. The normalized spacial score (nSPS) is 11.7. The molecule has 0 spiro atoms. The van der Waals surface area contributed by atoms with Crippen LogP contribution in [0.15, 0.2) is 162 Å². The molecule has 5 nitrogen and oxygen atoms in total. The minimum Gasteiger partial charge on any atom is -0.456 e. The number of furan rings is 1. The molecule has 10 rings (SSSR count). The fourth-order valence-electron chi connectivity index (χ4n) is 7.34. The van der Waals surface area contributed by atoms with Gasteiger partial charge in [0.15, 0.2) is 11.6 Å². The van der Waals surface area contributed by atoms with E-state index in [0.717, 1.165) is 71.6 Å². The molecule has 0 saturated heterocycles. The van der Waals surface area contributed by atoms with Crippen LogP contribution in [-0.4, -0.2) is 19.5 Å². The van der Waals surface area contributed by atoms with Gasteiger partial charge in [-0.1, -0.05) is 139 Å². The summed E-state index contributed by atoms with van der Waals surface area (Å²) in [6.07, 6.45) is 0. The van der Waals surface area contributed by atoms with Gasteiger partial charge in [-0.05, 0) is 60.9 Å². The Morgan fingerprint density at radius 3 is 1.79 bits per heavy atom. The van der Waals surface area contributed by atoms with Gasteiger partial charge in [-0.2, -0.15) is 9.97 Å². The van der Waals surface area contributed by atoms with Crippen LogP contribution in [0.25, 0.3) is 94.7 Å². The highest BCUT2D eigenvalue weighted by Crippen LogP contribution is 2.40. The van der Waals surface area contributed by atoms with E-state index in [2.05, 4.69) is 170 Å². The maximum Gasteiger partial charge on any atom is 0.238 e. The van der Waals surface area contributed by atoms with Gasteiger partial charge < -0.3 is 4.42 Å². The third-order valence-electron chi connectivity index (χ3n) is 10.0. The molecule has 0 saturated carbocycles. The highest BCUT2D eigenvalue weighted by molar-refractivity contribution is 6.15. The number of fused-ring (bicyclic) bond motifs is 6. The average Bonchev–Trinajstić information content (AvgIpc) is 3.74. The van der Waals surface area contributed by atoms with Crippen molar-refractivity contribution < 1.29 is 4.42 Å². The number of aromatic nitrogens is 4. The van der Waals surface area contributed by atoms with Crippen molar-refractivity contribution in [1.82, 2.24) is 19.5 Å². The monoisotopic (exact) mass is 668 g/mol. The van der Waals surface area contributed by atoms with Gasteiger partial charge in [0.25, 0.3) is 0 Å². The van der Waals surface area contributed by atoms with E-state index in [4.69, 9.17) is 19.4 Å². The molecule has 0 amide bonds. The quantitative estimate of drug-likeness (QED) is 0.183. The molecule has 0 radical (unpaired) electrons. The van der Waals surface area contributed by atoms with Gasteiger partial charge in [-0.25, -0.2) is 4.98 Å². The predicted molar refractivity (Wildman–Crippen MR) is 213 cm³/mol. The number of hydrogen-bond donors (Lipinski definition) is 0. The van der Waals surface area contributed by atoms with Crippen molar-refractivity contribution in [2.45, 2.75) is 13.8 Å². The molecule has 0 bridgehead atoms. The van der Waals surface area contributed by atoms with E-state index in [1.165, 1.54) is 16.7 Å². The smallest absolute Gasteiger partial charge is 0.238 e. The SMILES string of the molecule is Cc1ccc(-c2nc(-c3ccc(C)cc3)nc(-n3c4ccccc4c4cccc(-c5ccc6oc7cc(-c8ccccc8)ccc7c6c5)c43)n2)cc1. The van der Waals surface area contributed by atoms with E-state index >= 15 is 0 Å². The zero-order chi connectivity index (χ0) is 34.8. The summed E-state index contributed by atoms with van der Waals surface area (Å²) in [4.78, 5) is 15.4. The third kappa shape index (κ3) is 4.97. The summed E-state index contributed by atoms with van der Waals surface area (Å²) >= 11 is 0. The fourth-order valence-corrected chi connectivity index (χ4v) is 7.34. The van der Waals surface area contributed by atoms with E-state index in [1.54, 1.807) is 0 Å². The van der Waals surface area contributed by atoms with Crippen molar-refractivity contribution in [3.8, 4) is 51.0 Å². The Hall–Kier alpha value is -6.85. The Labute approximate surface area is 300 Å². The van der Waals surface area contributed by atoms with E-state index in [0.29, 0.717) is 17.6 Å². The van der Waals surface area contributed by atoms with Crippen LogP contribution in [0.4, 0.5) is 0 Å². The Balaban J connectivity index is 1.21. The lowest BCUT2D eigenvalue weighted by Crippen LogP contribution is -2.07. The largest absolute Gasteiger partial charge is 0.456 e. The van der Waals surface area contributed by atoms with Crippen molar-refractivity contribution in [3.05, 3.63) is 169 Å². The maximum absolute atomic E-state index is 6.43.